The van der Waals surface area contributed by atoms with Gasteiger partial charge in [-0.05, 0) is 24.3 Å². The van der Waals surface area contributed by atoms with E-state index in [1.54, 1.807) is 17.0 Å². The number of anilines is 1. The van der Waals surface area contributed by atoms with E-state index < -0.39 is 0 Å². The summed E-state index contributed by atoms with van der Waals surface area (Å²) in [6.07, 6.45) is 1.28. The second-order valence-corrected chi connectivity index (χ2v) is 7.60. The van der Waals surface area contributed by atoms with E-state index in [-0.39, 0.29) is 29.5 Å². The third-order valence-corrected chi connectivity index (χ3v) is 5.51. The molecular formula is C22H26FN3O5. The number of piperazine rings is 1. The van der Waals surface area contributed by atoms with Gasteiger partial charge in [0.15, 0.2) is 6.61 Å². The lowest BCUT2D eigenvalue weighted by atomic mass is 10.2. The lowest BCUT2D eigenvalue weighted by Gasteiger charge is -2.35. The van der Waals surface area contributed by atoms with Crippen molar-refractivity contribution in [3.8, 4) is 5.75 Å². The SMILES string of the molecule is O=C(COc1coc(CN2CCN(c3ccc(F)cc3)CC2)cc1=O)N1CCOCC1. The fraction of sp³-hybridized carbons (Fsp3) is 0.455. The molecule has 1 aromatic carbocycles. The Balaban J connectivity index is 1.26. The summed E-state index contributed by atoms with van der Waals surface area (Å²) in [4.78, 5) is 30.5. The van der Waals surface area contributed by atoms with Crippen molar-refractivity contribution in [1.82, 2.24) is 9.80 Å². The summed E-state index contributed by atoms with van der Waals surface area (Å²) in [5.41, 5.74) is 0.696. The summed E-state index contributed by atoms with van der Waals surface area (Å²) in [7, 11) is 0. The molecule has 9 heteroatoms. The number of carbonyl (C=O) groups is 1. The minimum Gasteiger partial charge on any atom is -0.477 e. The van der Waals surface area contributed by atoms with Gasteiger partial charge in [0.25, 0.3) is 5.91 Å². The topological polar surface area (TPSA) is 75.5 Å². The predicted octanol–water partition coefficient (Wildman–Crippen LogP) is 1.34. The Labute approximate surface area is 179 Å². The van der Waals surface area contributed by atoms with Crippen LogP contribution in [0.3, 0.4) is 0 Å². The van der Waals surface area contributed by atoms with Crippen LogP contribution in [-0.4, -0.2) is 74.8 Å². The average molecular weight is 431 g/mol. The van der Waals surface area contributed by atoms with Crippen LogP contribution in [0.4, 0.5) is 10.1 Å². The molecule has 0 saturated carbocycles. The zero-order chi connectivity index (χ0) is 21.6. The van der Waals surface area contributed by atoms with Crippen LogP contribution in [-0.2, 0) is 16.1 Å². The fourth-order valence-electron chi connectivity index (χ4n) is 3.71. The van der Waals surface area contributed by atoms with Crippen molar-refractivity contribution in [2.75, 3.05) is 64.0 Å². The first-order valence-electron chi connectivity index (χ1n) is 10.4. The van der Waals surface area contributed by atoms with Crippen LogP contribution in [0.2, 0.25) is 0 Å². The number of halogens is 1. The first-order chi connectivity index (χ1) is 15.1. The molecule has 166 valence electrons. The van der Waals surface area contributed by atoms with E-state index in [0.717, 1.165) is 31.9 Å². The van der Waals surface area contributed by atoms with Gasteiger partial charge in [-0.1, -0.05) is 0 Å². The van der Waals surface area contributed by atoms with Gasteiger partial charge in [-0.3, -0.25) is 14.5 Å². The molecule has 2 aliphatic heterocycles. The van der Waals surface area contributed by atoms with Crippen LogP contribution in [0, 0.1) is 5.82 Å². The van der Waals surface area contributed by atoms with Crippen molar-refractivity contribution in [3.05, 3.63) is 58.4 Å². The molecule has 0 aliphatic carbocycles. The molecule has 8 nitrogen and oxygen atoms in total. The molecule has 0 N–H and O–H groups in total. The maximum absolute atomic E-state index is 13.1. The molecule has 0 radical (unpaired) electrons. The van der Waals surface area contributed by atoms with Gasteiger partial charge >= 0.3 is 0 Å². The van der Waals surface area contributed by atoms with Crippen molar-refractivity contribution in [1.29, 1.82) is 0 Å². The molecule has 2 aromatic rings. The number of hydrogen-bond donors (Lipinski definition) is 0. The van der Waals surface area contributed by atoms with Gasteiger partial charge < -0.3 is 23.7 Å². The summed E-state index contributed by atoms with van der Waals surface area (Å²) in [6, 6.07) is 7.92. The molecule has 1 amide bonds. The van der Waals surface area contributed by atoms with Crippen LogP contribution >= 0.6 is 0 Å². The minimum atomic E-state index is -0.305. The Morgan fingerprint density at radius 1 is 1.03 bits per heavy atom. The summed E-state index contributed by atoms with van der Waals surface area (Å²) in [5.74, 6) is 0.166. The van der Waals surface area contributed by atoms with E-state index in [2.05, 4.69) is 9.80 Å². The van der Waals surface area contributed by atoms with Gasteiger partial charge in [0.2, 0.25) is 11.2 Å². The van der Waals surface area contributed by atoms with E-state index >= 15 is 0 Å². The second-order valence-electron chi connectivity index (χ2n) is 7.60. The van der Waals surface area contributed by atoms with Crippen LogP contribution in [0.5, 0.6) is 5.75 Å². The second kappa shape index (κ2) is 9.93. The molecule has 4 rings (SSSR count). The number of rotatable bonds is 6. The first kappa shape index (κ1) is 21.3. The van der Waals surface area contributed by atoms with Crippen molar-refractivity contribution in [3.63, 3.8) is 0 Å². The number of carbonyl (C=O) groups excluding carboxylic acids is 1. The van der Waals surface area contributed by atoms with Crippen molar-refractivity contribution >= 4 is 11.6 Å². The van der Waals surface area contributed by atoms with Gasteiger partial charge in [-0.2, -0.15) is 0 Å². The fourth-order valence-corrected chi connectivity index (χ4v) is 3.71. The quantitative estimate of drug-likeness (QED) is 0.683. The normalized spacial score (nSPS) is 17.6. The summed E-state index contributed by atoms with van der Waals surface area (Å²) in [6.45, 7) is 5.62. The molecule has 2 aliphatic rings. The molecule has 0 unspecified atom stereocenters. The Morgan fingerprint density at radius 3 is 2.42 bits per heavy atom. The van der Waals surface area contributed by atoms with Crippen LogP contribution < -0.4 is 15.1 Å². The lowest BCUT2D eigenvalue weighted by Crippen LogP contribution is -2.46. The highest BCUT2D eigenvalue weighted by molar-refractivity contribution is 5.77. The number of benzene rings is 1. The molecule has 0 bridgehead atoms. The largest absolute Gasteiger partial charge is 0.477 e. The number of nitrogens with zero attached hydrogens (tertiary/aromatic N) is 3. The zero-order valence-corrected chi connectivity index (χ0v) is 17.3. The maximum Gasteiger partial charge on any atom is 0.260 e. The predicted molar refractivity (Wildman–Crippen MR) is 112 cm³/mol. The van der Waals surface area contributed by atoms with Gasteiger partial charge in [-0.25, -0.2) is 4.39 Å². The molecule has 3 heterocycles. The average Bonchev–Trinajstić information content (AvgIpc) is 2.80. The molecule has 0 spiro atoms. The van der Waals surface area contributed by atoms with E-state index in [1.165, 1.54) is 24.5 Å². The van der Waals surface area contributed by atoms with Gasteiger partial charge in [-0.15, -0.1) is 0 Å². The molecule has 2 fully saturated rings. The zero-order valence-electron chi connectivity index (χ0n) is 17.3. The third kappa shape index (κ3) is 5.62. The lowest BCUT2D eigenvalue weighted by molar-refractivity contribution is -0.137. The Morgan fingerprint density at radius 2 is 1.74 bits per heavy atom. The smallest absolute Gasteiger partial charge is 0.260 e. The van der Waals surface area contributed by atoms with Crippen LogP contribution in [0.1, 0.15) is 5.76 Å². The van der Waals surface area contributed by atoms with E-state index in [1.807, 2.05) is 0 Å². The highest BCUT2D eigenvalue weighted by Crippen LogP contribution is 2.18. The van der Waals surface area contributed by atoms with Crippen LogP contribution in [0.25, 0.3) is 0 Å². The first-order valence-corrected chi connectivity index (χ1v) is 10.4. The minimum absolute atomic E-state index is 0.0338. The summed E-state index contributed by atoms with van der Waals surface area (Å²) < 4.78 is 29.3. The summed E-state index contributed by atoms with van der Waals surface area (Å²) in [5, 5.41) is 0. The molecule has 2 saturated heterocycles. The highest BCUT2D eigenvalue weighted by atomic mass is 19.1. The Hall–Kier alpha value is -2.91. The van der Waals surface area contributed by atoms with Crippen molar-refractivity contribution < 1.29 is 23.1 Å². The van der Waals surface area contributed by atoms with Gasteiger partial charge in [0.05, 0.1) is 19.8 Å². The maximum atomic E-state index is 13.1. The van der Waals surface area contributed by atoms with Gasteiger partial charge in [0, 0.05) is 51.0 Å². The molecule has 1 aromatic heterocycles. The van der Waals surface area contributed by atoms with E-state index in [4.69, 9.17) is 13.9 Å². The number of amides is 1. The Bertz CT molecular complexity index is 935. The molecule has 31 heavy (non-hydrogen) atoms. The number of ether oxygens (including phenoxy) is 2. The Kier molecular flexibility index (Phi) is 6.83. The standard InChI is InChI=1S/C22H26FN3O5/c23-17-1-3-18(4-2-17)25-7-5-24(6-8-25)14-19-13-20(27)21(15-30-19)31-16-22(28)26-9-11-29-12-10-26/h1-4,13,15H,5-12,14,16H2. The molecular weight excluding hydrogens is 405 g/mol. The van der Waals surface area contributed by atoms with E-state index in [0.29, 0.717) is 38.6 Å². The van der Waals surface area contributed by atoms with Crippen molar-refractivity contribution in [2.24, 2.45) is 0 Å². The number of hydrogen-bond acceptors (Lipinski definition) is 7. The van der Waals surface area contributed by atoms with E-state index in [9.17, 15) is 14.0 Å². The van der Waals surface area contributed by atoms with Crippen LogP contribution in [0.15, 0.2) is 45.8 Å². The third-order valence-electron chi connectivity index (χ3n) is 5.51. The highest BCUT2D eigenvalue weighted by Gasteiger charge is 2.20. The molecule has 0 atom stereocenters. The number of morpholine rings is 1. The van der Waals surface area contributed by atoms with Gasteiger partial charge in [0.1, 0.15) is 17.8 Å². The summed E-state index contributed by atoms with van der Waals surface area (Å²) >= 11 is 0. The monoisotopic (exact) mass is 431 g/mol. The van der Waals surface area contributed by atoms with Crippen molar-refractivity contribution in [2.45, 2.75) is 6.54 Å².